The molecular weight excluding hydrogens is 240 g/mol. The minimum absolute atomic E-state index is 0.580. The molecule has 1 aliphatic rings. The van der Waals surface area contributed by atoms with Crippen molar-refractivity contribution in [1.29, 1.82) is 0 Å². The average molecular weight is 256 g/mol. The highest BCUT2D eigenvalue weighted by Crippen LogP contribution is 2.25. The van der Waals surface area contributed by atoms with Gasteiger partial charge in [0.2, 0.25) is 5.88 Å². The molecule has 5 nitrogen and oxygen atoms in total. The standard InChI is InChI=1S/C14H16N4O/c1-9-7-12(17-11-4-5-11)18-14(16-9)10-3-6-13(19-2)15-8-10/h3,6-8,11H,4-5H2,1-2H3,(H,16,17,18). The van der Waals surface area contributed by atoms with E-state index in [0.717, 1.165) is 17.1 Å². The van der Waals surface area contributed by atoms with Gasteiger partial charge in [0.1, 0.15) is 5.82 Å². The van der Waals surface area contributed by atoms with E-state index in [0.29, 0.717) is 17.7 Å². The summed E-state index contributed by atoms with van der Waals surface area (Å²) in [6, 6.07) is 6.28. The predicted octanol–water partition coefficient (Wildman–Crippen LogP) is 2.43. The van der Waals surface area contributed by atoms with Gasteiger partial charge in [-0.2, -0.15) is 0 Å². The largest absolute Gasteiger partial charge is 0.481 e. The molecule has 98 valence electrons. The maximum atomic E-state index is 5.05. The van der Waals surface area contributed by atoms with Crippen LogP contribution >= 0.6 is 0 Å². The summed E-state index contributed by atoms with van der Waals surface area (Å²) in [4.78, 5) is 13.2. The Hall–Kier alpha value is -2.17. The summed E-state index contributed by atoms with van der Waals surface area (Å²) in [5, 5.41) is 3.39. The molecule has 1 aliphatic carbocycles. The first kappa shape index (κ1) is 11.9. The third-order valence-corrected chi connectivity index (χ3v) is 2.99. The Bertz CT molecular complexity index is 578. The molecular formula is C14H16N4O. The topological polar surface area (TPSA) is 59.9 Å². The lowest BCUT2D eigenvalue weighted by Crippen LogP contribution is -2.05. The first-order chi connectivity index (χ1) is 9.24. The maximum Gasteiger partial charge on any atom is 0.212 e. The first-order valence-corrected chi connectivity index (χ1v) is 6.37. The van der Waals surface area contributed by atoms with Gasteiger partial charge < -0.3 is 10.1 Å². The molecule has 5 heteroatoms. The van der Waals surface area contributed by atoms with E-state index in [2.05, 4.69) is 20.3 Å². The molecule has 0 atom stereocenters. The second kappa shape index (κ2) is 4.84. The summed E-state index contributed by atoms with van der Waals surface area (Å²) in [6.45, 7) is 1.97. The number of nitrogens with one attached hydrogen (secondary N) is 1. The van der Waals surface area contributed by atoms with Crippen molar-refractivity contribution in [3.63, 3.8) is 0 Å². The summed E-state index contributed by atoms with van der Waals surface area (Å²) >= 11 is 0. The lowest BCUT2D eigenvalue weighted by atomic mass is 10.2. The Morgan fingerprint density at radius 1 is 1.26 bits per heavy atom. The van der Waals surface area contributed by atoms with Crippen LogP contribution in [0.25, 0.3) is 11.4 Å². The minimum atomic E-state index is 0.580. The Balaban J connectivity index is 1.91. The second-order valence-electron chi connectivity index (χ2n) is 4.73. The number of pyridine rings is 1. The summed E-state index contributed by atoms with van der Waals surface area (Å²) in [6.07, 6.45) is 4.18. The van der Waals surface area contributed by atoms with Gasteiger partial charge in [-0.3, -0.25) is 0 Å². The zero-order valence-electron chi connectivity index (χ0n) is 11.1. The molecule has 0 aliphatic heterocycles. The van der Waals surface area contributed by atoms with Gasteiger partial charge in [-0.25, -0.2) is 15.0 Å². The molecule has 0 bridgehead atoms. The molecule has 0 aromatic carbocycles. The van der Waals surface area contributed by atoms with Gasteiger partial charge in [-0.15, -0.1) is 0 Å². The predicted molar refractivity (Wildman–Crippen MR) is 73.2 cm³/mol. The monoisotopic (exact) mass is 256 g/mol. The average Bonchev–Trinajstić information content (AvgIpc) is 3.22. The van der Waals surface area contributed by atoms with Crippen LogP contribution in [0.4, 0.5) is 5.82 Å². The van der Waals surface area contributed by atoms with Crippen LogP contribution in [0.3, 0.4) is 0 Å². The molecule has 0 unspecified atom stereocenters. The highest BCUT2D eigenvalue weighted by Gasteiger charge is 2.21. The number of hydrogen-bond acceptors (Lipinski definition) is 5. The van der Waals surface area contributed by atoms with Crippen molar-refractivity contribution in [2.45, 2.75) is 25.8 Å². The van der Waals surface area contributed by atoms with Crippen molar-refractivity contribution in [3.05, 3.63) is 30.1 Å². The molecule has 2 heterocycles. The van der Waals surface area contributed by atoms with E-state index in [-0.39, 0.29) is 0 Å². The van der Waals surface area contributed by atoms with Gasteiger partial charge in [0.15, 0.2) is 5.82 Å². The van der Waals surface area contributed by atoms with Crippen LogP contribution in [0, 0.1) is 6.92 Å². The van der Waals surface area contributed by atoms with Crippen molar-refractivity contribution in [2.75, 3.05) is 12.4 Å². The van der Waals surface area contributed by atoms with E-state index in [9.17, 15) is 0 Å². The number of ether oxygens (including phenoxy) is 1. The van der Waals surface area contributed by atoms with Crippen LogP contribution in [-0.4, -0.2) is 28.1 Å². The fourth-order valence-electron chi connectivity index (χ4n) is 1.84. The molecule has 0 spiro atoms. The van der Waals surface area contributed by atoms with E-state index in [1.54, 1.807) is 13.3 Å². The highest BCUT2D eigenvalue weighted by atomic mass is 16.5. The van der Waals surface area contributed by atoms with Gasteiger partial charge in [0.25, 0.3) is 0 Å². The summed E-state index contributed by atoms with van der Waals surface area (Å²) in [5.74, 6) is 2.17. The Morgan fingerprint density at radius 3 is 2.74 bits per heavy atom. The zero-order chi connectivity index (χ0) is 13.2. The molecule has 2 aromatic rings. The third-order valence-electron chi connectivity index (χ3n) is 2.99. The quantitative estimate of drug-likeness (QED) is 0.910. The molecule has 0 radical (unpaired) electrons. The molecule has 19 heavy (non-hydrogen) atoms. The molecule has 1 saturated carbocycles. The van der Waals surface area contributed by atoms with Gasteiger partial charge in [0, 0.05) is 35.6 Å². The number of nitrogens with zero attached hydrogens (tertiary/aromatic N) is 3. The van der Waals surface area contributed by atoms with E-state index in [1.165, 1.54) is 12.8 Å². The van der Waals surface area contributed by atoms with Crippen LogP contribution in [-0.2, 0) is 0 Å². The molecule has 2 aromatic heterocycles. The van der Waals surface area contributed by atoms with Crippen molar-refractivity contribution in [3.8, 4) is 17.3 Å². The van der Waals surface area contributed by atoms with Gasteiger partial charge in [-0.05, 0) is 25.8 Å². The van der Waals surface area contributed by atoms with Crippen LogP contribution in [0.2, 0.25) is 0 Å². The lowest BCUT2D eigenvalue weighted by Gasteiger charge is -2.07. The van der Waals surface area contributed by atoms with E-state index in [4.69, 9.17) is 4.74 Å². The number of rotatable bonds is 4. The van der Waals surface area contributed by atoms with Crippen molar-refractivity contribution in [1.82, 2.24) is 15.0 Å². The van der Waals surface area contributed by atoms with E-state index >= 15 is 0 Å². The van der Waals surface area contributed by atoms with E-state index in [1.807, 2.05) is 25.1 Å². The van der Waals surface area contributed by atoms with Crippen LogP contribution in [0.1, 0.15) is 18.5 Å². The van der Waals surface area contributed by atoms with E-state index < -0.39 is 0 Å². The Labute approximate surface area is 112 Å². The maximum absolute atomic E-state index is 5.05. The third kappa shape index (κ3) is 2.81. The molecule has 1 N–H and O–H groups in total. The van der Waals surface area contributed by atoms with Crippen LogP contribution in [0.5, 0.6) is 5.88 Å². The lowest BCUT2D eigenvalue weighted by molar-refractivity contribution is 0.398. The second-order valence-corrected chi connectivity index (χ2v) is 4.73. The molecule has 0 saturated heterocycles. The van der Waals surface area contributed by atoms with Crippen molar-refractivity contribution >= 4 is 5.82 Å². The van der Waals surface area contributed by atoms with Gasteiger partial charge in [-0.1, -0.05) is 0 Å². The Kier molecular flexibility index (Phi) is 3.03. The normalized spacial score (nSPS) is 14.2. The zero-order valence-corrected chi connectivity index (χ0v) is 11.1. The first-order valence-electron chi connectivity index (χ1n) is 6.37. The molecule has 3 rings (SSSR count). The van der Waals surface area contributed by atoms with Crippen molar-refractivity contribution in [2.24, 2.45) is 0 Å². The number of hydrogen-bond donors (Lipinski definition) is 1. The summed E-state index contributed by atoms with van der Waals surface area (Å²) in [7, 11) is 1.60. The summed E-state index contributed by atoms with van der Waals surface area (Å²) in [5.41, 5.74) is 1.84. The number of aromatic nitrogens is 3. The molecule has 0 amide bonds. The van der Waals surface area contributed by atoms with Crippen LogP contribution in [0.15, 0.2) is 24.4 Å². The van der Waals surface area contributed by atoms with Crippen molar-refractivity contribution < 1.29 is 4.74 Å². The molecule has 1 fully saturated rings. The summed E-state index contributed by atoms with van der Waals surface area (Å²) < 4.78 is 5.05. The number of aryl methyl sites for hydroxylation is 1. The Morgan fingerprint density at radius 2 is 2.11 bits per heavy atom. The minimum Gasteiger partial charge on any atom is -0.481 e. The van der Waals surface area contributed by atoms with Gasteiger partial charge in [0.05, 0.1) is 7.11 Å². The number of methoxy groups -OCH3 is 1. The smallest absolute Gasteiger partial charge is 0.212 e. The highest BCUT2D eigenvalue weighted by molar-refractivity contribution is 5.57. The fourth-order valence-corrected chi connectivity index (χ4v) is 1.84. The van der Waals surface area contributed by atoms with Crippen LogP contribution < -0.4 is 10.1 Å². The fraction of sp³-hybridized carbons (Fsp3) is 0.357. The SMILES string of the molecule is COc1ccc(-c2nc(C)cc(NC3CC3)n2)cn1. The van der Waals surface area contributed by atoms with Gasteiger partial charge >= 0.3 is 0 Å². The number of anilines is 1.